The van der Waals surface area contributed by atoms with Crippen molar-refractivity contribution in [2.24, 2.45) is 0 Å². The van der Waals surface area contributed by atoms with Crippen molar-refractivity contribution in [2.45, 2.75) is 12.5 Å². The van der Waals surface area contributed by atoms with Crippen LogP contribution in [-0.4, -0.2) is 43.2 Å². The highest BCUT2D eigenvalue weighted by Gasteiger charge is 2.29. The van der Waals surface area contributed by atoms with Gasteiger partial charge in [-0.2, -0.15) is 0 Å². The predicted octanol–water partition coefficient (Wildman–Crippen LogP) is 3.83. The van der Waals surface area contributed by atoms with Gasteiger partial charge in [-0.15, -0.1) is 11.3 Å². The van der Waals surface area contributed by atoms with Crippen LogP contribution in [0.4, 0.5) is 4.39 Å². The molecule has 0 aliphatic carbocycles. The van der Waals surface area contributed by atoms with Gasteiger partial charge in [0.15, 0.2) is 0 Å². The third kappa shape index (κ3) is 3.45. The summed E-state index contributed by atoms with van der Waals surface area (Å²) in [7, 11) is 1.64. The van der Waals surface area contributed by atoms with Gasteiger partial charge in [0.1, 0.15) is 16.6 Å². The number of hydrogen-bond acceptors (Lipinski definition) is 5. The Balaban J connectivity index is 1.85. The first-order valence-corrected chi connectivity index (χ1v) is 9.71. The number of methoxy groups -OCH3 is 1. The van der Waals surface area contributed by atoms with Crippen LogP contribution in [0, 0.1) is 5.82 Å². The second kappa shape index (κ2) is 7.70. The highest BCUT2D eigenvalue weighted by Crippen LogP contribution is 2.38. The summed E-state index contributed by atoms with van der Waals surface area (Å²) < 4.78 is 20.8. The number of benzene rings is 2. The maximum atomic E-state index is 14.1. The molecule has 0 saturated carbocycles. The topological polar surface area (TPSA) is 37.4 Å². The lowest BCUT2D eigenvalue weighted by atomic mass is 10.0. The minimum atomic E-state index is -0.250. The van der Waals surface area contributed by atoms with Crippen LogP contribution in [0.15, 0.2) is 42.5 Å². The van der Waals surface area contributed by atoms with Crippen LogP contribution in [0.3, 0.4) is 0 Å². The molecule has 1 aromatic heterocycles. The quantitative estimate of drug-likeness (QED) is 0.756. The van der Waals surface area contributed by atoms with E-state index in [1.165, 1.54) is 6.07 Å². The van der Waals surface area contributed by atoms with Crippen LogP contribution in [0.2, 0.25) is 0 Å². The van der Waals surface area contributed by atoms with Gasteiger partial charge in [-0.1, -0.05) is 12.1 Å². The van der Waals surface area contributed by atoms with Crippen molar-refractivity contribution in [3.05, 3.63) is 58.9 Å². The second-order valence-corrected chi connectivity index (χ2v) is 7.51. The molecule has 1 fully saturated rings. The fourth-order valence-corrected chi connectivity index (χ4v) is 4.66. The first-order chi connectivity index (χ1) is 12.8. The second-order valence-electron chi connectivity index (χ2n) is 6.45. The molecule has 4 rings (SSSR count). The van der Waals surface area contributed by atoms with E-state index in [1.807, 2.05) is 18.2 Å². The monoisotopic (exact) mass is 371 g/mol. The number of nitrogens with one attached hydrogen (secondary N) is 1. The van der Waals surface area contributed by atoms with Crippen LogP contribution in [0.25, 0.3) is 10.2 Å². The van der Waals surface area contributed by atoms with Crippen molar-refractivity contribution < 1.29 is 9.13 Å². The van der Waals surface area contributed by atoms with Crippen molar-refractivity contribution in [3.8, 4) is 5.75 Å². The Hall–Kier alpha value is -2.02. The number of rotatable bonds is 4. The average Bonchev–Trinajstić information content (AvgIpc) is 2.89. The van der Waals surface area contributed by atoms with E-state index < -0.39 is 0 Å². The van der Waals surface area contributed by atoms with Gasteiger partial charge in [0.25, 0.3) is 0 Å². The average molecular weight is 371 g/mol. The number of ether oxygens (including phenoxy) is 1. The lowest BCUT2D eigenvalue weighted by Gasteiger charge is -2.30. The van der Waals surface area contributed by atoms with Gasteiger partial charge in [0.05, 0.1) is 23.4 Å². The molecule has 0 spiro atoms. The number of para-hydroxylation sites is 1. The van der Waals surface area contributed by atoms with Gasteiger partial charge in [-0.3, -0.25) is 4.90 Å². The summed E-state index contributed by atoms with van der Waals surface area (Å²) >= 11 is 1.67. The third-order valence-corrected chi connectivity index (χ3v) is 5.86. The van der Waals surface area contributed by atoms with Gasteiger partial charge in [-0.25, -0.2) is 9.37 Å². The van der Waals surface area contributed by atoms with Crippen LogP contribution in [0.5, 0.6) is 5.75 Å². The third-order valence-electron chi connectivity index (χ3n) is 4.77. The van der Waals surface area contributed by atoms with Crippen LogP contribution in [-0.2, 0) is 0 Å². The molecule has 3 aromatic rings. The molecule has 1 aliphatic rings. The Labute approximate surface area is 156 Å². The molecule has 1 saturated heterocycles. The summed E-state index contributed by atoms with van der Waals surface area (Å²) in [5, 5.41) is 4.42. The zero-order valence-corrected chi connectivity index (χ0v) is 15.6. The number of thiazole rings is 1. The number of nitrogens with zero attached hydrogens (tertiary/aromatic N) is 2. The summed E-state index contributed by atoms with van der Waals surface area (Å²) in [4.78, 5) is 7.26. The van der Waals surface area contributed by atoms with Gasteiger partial charge in [0, 0.05) is 25.2 Å². The molecule has 0 radical (unpaired) electrons. The van der Waals surface area contributed by atoms with Gasteiger partial charge in [-0.05, 0) is 43.3 Å². The van der Waals surface area contributed by atoms with Crippen molar-refractivity contribution in [2.75, 3.05) is 33.3 Å². The van der Waals surface area contributed by atoms with E-state index in [4.69, 9.17) is 9.72 Å². The van der Waals surface area contributed by atoms with Crippen molar-refractivity contribution in [1.29, 1.82) is 0 Å². The first-order valence-electron chi connectivity index (χ1n) is 8.90. The molecule has 0 bridgehead atoms. The molecule has 26 heavy (non-hydrogen) atoms. The zero-order valence-electron chi connectivity index (χ0n) is 14.7. The van der Waals surface area contributed by atoms with Crippen LogP contribution >= 0.6 is 11.3 Å². The fourth-order valence-electron chi connectivity index (χ4n) is 3.54. The Kier molecular flexibility index (Phi) is 5.15. The van der Waals surface area contributed by atoms with Gasteiger partial charge >= 0.3 is 0 Å². The lowest BCUT2D eigenvalue weighted by molar-refractivity contribution is 0.235. The largest absolute Gasteiger partial charge is 0.496 e. The summed E-state index contributed by atoms with van der Waals surface area (Å²) in [5.41, 5.74) is 1.83. The van der Waals surface area contributed by atoms with Crippen LogP contribution < -0.4 is 10.1 Å². The van der Waals surface area contributed by atoms with Crippen molar-refractivity contribution in [1.82, 2.24) is 15.2 Å². The molecule has 1 aliphatic heterocycles. The normalized spacial score (nSPS) is 17.2. The van der Waals surface area contributed by atoms with Crippen molar-refractivity contribution in [3.63, 3.8) is 0 Å². The van der Waals surface area contributed by atoms with Crippen LogP contribution in [0.1, 0.15) is 23.0 Å². The molecule has 136 valence electrons. The maximum Gasteiger partial charge on any atom is 0.124 e. The maximum absolute atomic E-state index is 14.1. The summed E-state index contributed by atoms with van der Waals surface area (Å²) in [6.45, 7) is 3.75. The molecule has 1 atom stereocenters. The molecule has 4 nitrogen and oxygen atoms in total. The highest BCUT2D eigenvalue weighted by molar-refractivity contribution is 7.18. The standard InChI is InChI=1S/C20H22FN3OS/c1-25-17-8-7-14(21)13-15(17)19(24-11-4-9-22-10-12-24)20-23-16-5-2-3-6-18(16)26-20/h2-3,5-8,13,19,22H,4,9-12H2,1H3. The molecule has 1 N–H and O–H groups in total. The smallest absolute Gasteiger partial charge is 0.124 e. The van der Waals surface area contributed by atoms with Gasteiger partial charge in [0.2, 0.25) is 0 Å². The highest BCUT2D eigenvalue weighted by atomic mass is 32.1. The van der Waals surface area contributed by atoms with Gasteiger partial charge < -0.3 is 10.1 Å². The zero-order chi connectivity index (χ0) is 17.9. The number of aromatic nitrogens is 1. The molecular weight excluding hydrogens is 349 g/mol. The first kappa shape index (κ1) is 17.4. The number of fused-ring (bicyclic) bond motifs is 1. The van der Waals surface area contributed by atoms with E-state index >= 15 is 0 Å². The van der Waals surface area contributed by atoms with Crippen molar-refractivity contribution >= 4 is 21.6 Å². The predicted molar refractivity (Wildman–Crippen MR) is 103 cm³/mol. The van der Waals surface area contributed by atoms with E-state index in [0.29, 0.717) is 5.75 Å². The summed E-state index contributed by atoms with van der Waals surface area (Å²) in [5.74, 6) is 0.452. The molecule has 6 heteroatoms. The molecule has 2 aromatic carbocycles. The minimum Gasteiger partial charge on any atom is -0.496 e. The Morgan fingerprint density at radius 1 is 1.19 bits per heavy atom. The summed E-state index contributed by atoms with van der Waals surface area (Å²) in [6, 6.07) is 12.8. The molecular formula is C20H22FN3OS. The SMILES string of the molecule is COc1ccc(F)cc1C(c1nc2ccccc2s1)N1CCCNCC1. The molecule has 2 heterocycles. The van der Waals surface area contributed by atoms with E-state index in [2.05, 4.69) is 16.3 Å². The number of hydrogen-bond donors (Lipinski definition) is 1. The fraction of sp³-hybridized carbons (Fsp3) is 0.350. The Bertz CT molecular complexity index is 857. The molecule has 1 unspecified atom stereocenters. The lowest BCUT2D eigenvalue weighted by Crippen LogP contribution is -2.33. The Morgan fingerprint density at radius 3 is 2.92 bits per heavy atom. The minimum absolute atomic E-state index is 0.113. The Morgan fingerprint density at radius 2 is 2.08 bits per heavy atom. The van der Waals surface area contributed by atoms with E-state index in [1.54, 1.807) is 30.6 Å². The molecule has 0 amide bonds. The van der Waals surface area contributed by atoms with E-state index in [-0.39, 0.29) is 11.9 Å². The van der Waals surface area contributed by atoms with E-state index in [9.17, 15) is 4.39 Å². The number of halogens is 1. The van der Waals surface area contributed by atoms with E-state index in [0.717, 1.165) is 53.4 Å². The summed E-state index contributed by atoms with van der Waals surface area (Å²) in [6.07, 6.45) is 1.05.